The molecule has 1 saturated heterocycles. The molecule has 0 bridgehead atoms. The van der Waals surface area contributed by atoms with Crippen LogP contribution in [0.1, 0.15) is 16.7 Å². The lowest BCUT2D eigenvalue weighted by atomic mass is 10.1. The zero-order valence-corrected chi connectivity index (χ0v) is 22.8. The molecule has 6 nitrogen and oxygen atoms in total. The highest BCUT2D eigenvalue weighted by Gasteiger charge is 2.36. The van der Waals surface area contributed by atoms with Gasteiger partial charge in [-0.3, -0.25) is 14.9 Å². The van der Waals surface area contributed by atoms with Crippen molar-refractivity contribution in [2.75, 3.05) is 4.90 Å². The monoisotopic (exact) mass is 636 g/mol. The van der Waals surface area contributed by atoms with Crippen LogP contribution in [0.2, 0.25) is 10.0 Å². The first-order valence-electron chi connectivity index (χ1n) is 10.2. The number of ether oxygens (including phenoxy) is 1. The van der Waals surface area contributed by atoms with Gasteiger partial charge in [0.25, 0.3) is 11.8 Å². The minimum atomic E-state index is -0.798. The summed E-state index contributed by atoms with van der Waals surface area (Å²) in [6.45, 7) is 2.09. The average molecular weight is 639 g/mol. The second-order valence-electron chi connectivity index (χ2n) is 7.63. The minimum absolute atomic E-state index is 0.175. The highest BCUT2D eigenvalue weighted by atomic mass is 79.9. The van der Waals surface area contributed by atoms with Crippen molar-refractivity contribution in [1.82, 2.24) is 5.32 Å². The Morgan fingerprint density at radius 2 is 1.63 bits per heavy atom. The summed E-state index contributed by atoms with van der Waals surface area (Å²) in [6, 6.07) is 14.6. The molecule has 1 N–H and O–H groups in total. The maximum Gasteiger partial charge on any atom is 0.335 e. The van der Waals surface area contributed by atoms with Crippen LogP contribution in [0.5, 0.6) is 5.75 Å². The number of amides is 4. The van der Waals surface area contributed by atoms with E-state index in [4.69, 9.17) is 27.9 Å². The van der Waals surface area contributed by atoms with Gasteiger partial charge in [-0.25, -0.2) is 9.69 Å². The topological polar surface area (TPSA) is 75.7 Å². The molecule has 4 amide bonds. The Bertz CT molecular complexity index is 1370. The molecule has 0 unspecified atom stereocenters. The summed E-state index contributed by atoms with van der Waals surface area (Å²) in [7, 11) is 0. The lowest BCUT2D eigenvalue weighted by Crippen LogP contribution is -2.54. The van der Waals surface area contributed by atoms with Gasteiger partial charge in [-0.2, -0.15) is 0 Å². The highest BCUT2D eigenvalue weighted by molar-refractivity contribution is 9.11. The minimum Gasteiger partial charge on any atom is -0.486 e. The summed E-state index contributed by atoms with van der Waals surface area (Å²) in [4.78, 5) is 38.9. The van der Waals surface area contributed by atoms with Gasteiger partial charge >= 0.3 is 6.03 Å². The zero-order valence-electron chi connectivity index (χ0n) is 18.1. The van der Waals surface area contributed by atoms with Gasteiger partial charge in [-0.15, -0.1) is 0 Å². The summed E-state index contributed by atoms with van der Waals surface area (Å²) in [5.74, 6) is -0.977. The van der Waals surface area contributed by atoms with Crippen molar-refractivity contribution in [2.24, 2.45) is 0 Å². The van der Waals surface area contributed by atoms with Crippen molar-refractivity contribution in [3.8, 4) is 5.75 Å². The molecule has 3 aromatic rings. The molecule has 1 aliphatic heterocycles. The number of benzene rings is 3. The molecule has 35 heavy (non-hydrogen) atoms. The normalized spacial score (nSPS) is 14.9. The van der Waals surface area contributed by atoms with E-state index in [1.165, 1.54) is 6.08 Å². The maximum absolute atomic E-state index is 13.1. The smallest absolute Gasteiger partial charge is 0.335 e. The third-order valence-corrected chi connectivity index (χ3v) is 6.88. The van der Waals surface area contributed by atoms with Crippen LogP contribution in [0.25, 0.3) is 6.08 Å². The number of nitrogens with zero attached hydrogens (tertiary/aromatic N) is 1. The van der Waals surface area contributed by atoms with Crippen molar-refractivity contribution < 1.29 is 19.1 Å². The fourth-order valence-corrected chi connectivity index (χ4v) is 5.26. The molecular formula is C25H16Br2Cl2N2O4. The van der Waals surface area contributed by atoms with Gasteiger partial charge in [0, 0.05) is 15.6 Å². The van der Waals surface area contributed by atoms with Crippen molar-refractivity contribution in [3.63, 3.8) is 0 Å². The molecule has 0 aromatic heterocycles. The Morgan fingerprint density at radius 1 is 0.971 bits per heavy atom. The van der Waals surface area contributed by atoms with Crippen LogP contribution in [-0.4, -0.2) is 17.8 Å². The third kappa shape index (κ3) is 5.62. The first kappa shape index (κ1) is 25.4. The van der Waals surface area contributed by atoms with Crippen molar-refractivity contribution in [1.29, 1.82) is 0 Å². The van der Waals surface area contributed by atoms with Gasteiger partial charge in [0.05, 0.1) is 14.6 Å². The van der Waals surface area contributed by atoms with E-state index in [-0.39, 0.29) is 12.2 Å². The van der Waals surface area contributed by atoms with E-state index >= 15 is 0 Å². The number of hydrogen-bond acceptors (Lipinski definition) is 4. The number of halogens is 4. The van der Waals surface area contributed by atoms with Crippen LogP contribution in [0.15, 0.2) is 69.1 Å². The number of nitrogens with one attached hydrogen (secondary N) is 1. The number of carbonyl (C=O) groups is 3. The SMILES string of the molecule is Cc1ccc(N2C(=O)NC(=O)/C(=C\c3cc(Br)c(OCc4ccc(Cl)cc4Cl)c(Br)c3)C2=O)cc1. The van der Waals surface area contributed by atoms with Gasteiger partial charge < -0.3 is 4.74 Å². The van der Waals surface area contributed by atoms with E-state index < -0.39 is 17.8 Å². The largest absolute Gasteiger partial charge is 0.486 e. The third-order valence-electron chi connectivity index (χ3n) is 5.11. The lowest BCUT2D eigenvalue weighted by molar-refractivity contribution is -0.122. The van der Waals surface area contributed by atoms with E-state index in [0.29, 0.717) is 36.0 Å². The van der Waals surface area contributed by atoms with E-state index in [1.54, 1.807) is 54.6 Å². The Morgan fingerprint density at radius 3 is 2.26 bits per heavy atom. The van der Waals surface area contributed by atoms with Gasteiger partial charge in [0.15, 0.2) is 0 Å². The van der Waals surface area contributed by atoms with E-state index in [1.807, 2.05) is 6.92 Å². The summed E-state index contributed by atoms with van der Waals surface area (Å²) in [5, 5.41) is 3.24. The fraction of sp³-hybridized carbons (Fsp3) is 0.0800. The summed E-state index contributed by atoms with van der Waals surface area (Å²) < 4.78 is 7.08. The van der Waals surface area contributed by atoms with Crippen LogP contribution < -0.4 is 15.0 Å². The van der Waals surface area contributed by atoms with Crippen molar-refractivity contribution in [2.45, 2.75) is 13.5 Å². The molecular weight excluding hydrogens is 623 g/mol. The van der Waals surface area contributed by atoms with Crippen LogP contribution in [0, 0.1) is 6.92 Å². The molecule has 1 fully saturated rings. The maximum atomic E-state index is 13.1. The number of carbonyl (C=O) groups excluding carboxylic acids is 3. The number of barbiturate groups is 1. The van der Waals surface area contributed by atoms with Crippen molar-refractivity contribution in [3.05, 3.63) is 95.9 Å². The highest BCUT2D eigenvalue weighted by Crippen LogP contribution is 2.37. The van der Waals surface area contributed by atoms with Crippen LogP contribution in [0.4, 0.5) is 10.5 Å². The van der Waals surface area contributed by atoms with E-state index in [0.717, 1.165) is 16.0 Å². The number of hydrogen-bond donors (Lipinski definition) is 1. The van der Waals surface area contributed by atoms with Gasteiger partial charge in [0.2, 0.25) is 0 Å². The predicted octanol–water partition coefficient (Wildman–Crippen LogP) is 7.07. The molecule has 0 spiro atoms. The average Bonchev–Trinajstić information content (AvgIpc) is 2.78. The molecule has 1 aliphatic rings. The van der Waals surface area contributed by atoms with Gasteiger partial charge in [0.1, 0.15) is 17.9 Å². The number of urea groups is 1. The molecule has 4 rings (SSSR count). The number of aryl methyl sites for hydroxylation is 1. The number of rotatable bonds is 5. The molecule has 0 aliphatic carbocycles. The zero-order chi connectivity index (χ0) is 25.3. The molecule has 10 heteroatoms. The molecule has 1 heterocycles. The van der Waals surface area contributed by atoms with Gasteiger partial charge in [-0.05, 0) is 86.8 Å². The first-order chi connectivity index (χ1) is 16.6. The Balaban J connectivity index is 1.60. The van der Waals surface area contributed by atoms with E-state index in [9.17, 15) is 14.4 Å². The molecule has 0 atom stereocenters. The lowest BCUT2D eigenvalue weighted by Gasteiger charge is -2.26. The Hall–Kier alpha value is -2.65. The summed E-state index contributed by atoms with van der Waals surface area (Å²) in [5.41, 5.74) is 2.46. The van der Waals surface area contributed by atoms with Gasteiger partial charge in [-0.1, -0.05) is 47.0 Å². The number of imide groups is 2. The van der Waals surface area contributed by atoms with Crippen LogP contribution >= 0.6 is 55.1 Å². The standard InChI is InChI=1S/C25H16Br2Cl2N2O4/c1-13-2-6-17(7-3-13)31-24(33)18(23(32)30-25(31)34)8-14-9-19(26)22(20(27)10-14)35-12-15-4-5-16(28)11-21(15)29/h2-11H,12H2,1H3,(H,30,32,34)/b18-8+. The predicted molar refractivity (Wildman–Crippen MR) is 143 cm³/mol. The Labute approximate surface area is 228 Å². The summed E-state index contributed by atoms with van der Waals surface area (Å²) in [6.07, 6.45) is 1.42. The fourth-order valence-electron chi connectivity index (χ4n) is 3.34. The van der Waals surface area contributed by atoms with E-state index in [2.05, 4.69) is 37.2 Å². The van der Waals surface area contributed by atoms with Crippen molar-refractivity contribution >= 4 is 84.7 Å². The number of anilines is 1. The second-order valence-corrected chi connectivity index (χ2v) is 10.2. The molecule has 178 valence electrons. The molecule has 0 saturated carbocycles. The molecule has 0 radical (unpaired) electrons. The first-order valence-corrected chi connectivity index (χ1v) is 12.5. The molecule has 3 aromatic carbocycles. The van der Waals surface area contributed by atoms with Crippen LogP contribution in [0.3, 0.4) is 0 Å². The quantitative estimate of drug-likeness (QED) is 0.240. The van der Waals surface area contributed by atoms with Crippen LogP contribution in [-0.2, 0) is 16.2 Å². The Kier molecular flexibility index (Phi) is 7.66. The second kappa shape index (κ2) is 10.5. The summed E-state index contributed by atoms with van der Waals surface area (Å²) >= 11 is 19.1.